The van der Waals surface area contributed by atoms with Gasteiger partial charge in [0.2, 0.25) is 0 Å². The van der Waals surface area contributed by atoms with Gasteiger partial charge in [-0.2, -0.15) is 11.3 Å². The summed E-state index contributed by atoms with van der Waals surface area (Å²) in [7, 11) is 0. The van der Waals surface area contributed by atoms with Gasteiger partial charge in [0.1, 0.15) is 5.65 Å². The van der Waals surface area contributed by atoms with Crippen molar-refractivity contribution in [3.8, 4) is 11.1 Å². The third-order valence-corrected chi connectivity index (χ3v) is 4.45. The van der Waals surface area contributed by atoms with Gasteiger partial charge in [-0.15, -0.1) is 0 Å². The number of nitrogens with one attached hydrogen (secondary N) is 2. The summed E-state index contributed by atoms with van der Waals surface area (Å²) >= 11 is 1.74. The average molecular weight is 269 g/mol. The third kappa shape index (κ3) is 1.71. The number of fused-ring (bicyclic) bond motifs is 3. The summed E-state index contributed by atoms with van der Waals surface area (Å²) in [5.74, 6) is 0. The number of aromatic nitrogens is 2. The van der Waals surface area contributed by atoms with Crippen LogP contribution >= 0.6 is 11.3 Å². The molecular formula is C15H15N3S. The summed E-state index contributed by atoms with van der Waals surface area (Å²) in [6.45, 7) is 4.05. The molecule has 0 spiro atoms. The normalized spacial score (nSPS) is 14.8. The Hall–Kier alpha value is -1.65. The van der Waals surface area contributed by atoms with E-state index in [1.165, 1.54) is 27.8 Å². The molecule has 0 aliphatic carbocycles. The van der Waals surface area contributed by atoms with Crippen LogP contribution in [-0.4, -0.2) is 16.5 Å². The van der Waals surface area contributed by atoms with Crippen molar-refractivity contribution >= 4 is 22.4 Å². The molecule has 96 valence electrons. The Labute approximate surface area is 115 Å². The van der Waals surface area contributed by atoms with Crippen LogP contribution in [0.1, 0.15) is 17.0 Å². The first-order valence-electron chi connectivity index (χ1n) is 6.57. The first kappa shape index (κ1) is 11.2. The summed E-state index contributed by atoms with van der Waals surface area (Å²) in [4.78, 5) is 8.18. The van der Waals surface area contributed by atoms with E-state index >= 15 is 0 Å². The molecule has 3 aromatic heterocycles. The van der Waals surface area contributed by atoms with Gasteiger partial charge in [-0.1, -0.05) is 0 Å². The van der Waals surface area contributed by atoms with Gasteiger partial charge in [0.25, 0.3) is 0 Å². The van der Waals surface area contributed by atoms with E-state index in [4.69, 9.17) is 0 Å². The highest BCUT2D eigenvalue weighted by Gasteiger charge is 2.19. The third-order valence-electron chi connectivity index (χ3n) is 3.77. The van der Waals surface area contributed by atoms with Gasteiger partial charge in [0, 0.05) is 36.3 Å². The second-order valence-electron chi connectivity index (χ2n) is 5.06. The van der Waals surface area contributed by atoms with Crippen molar-refractivity contribution in [2.75, 3.05) is 6.54 Å². The quantitative estimate of drug-likeness (QED) is 0.712. The fourth-order valence-corrected chi connectivity index (χ4v) is 3.57. The van der Waals surface area contributed by atoms with E-state index in [1.807, 2.05) is 0 Å². The van der Waals surface area contributed by atoms with E-state index in [-0.39, 0.29) is 0 Å². The number of nitrogens with zero attached hydrogens (tertiary/aromatic N) is 1. The molecule has 0 unspecified atom stereocenters. The summed E-state index contributed by atoms with van der Waals surface area (Å²) in [6.07, 6.45) is 1.06. The van der Waals surface area contributed by atoms with E-state index in [0.29, 0.717) is 0 Å². The summed E-state index contributed by atoms with van der Waals surface area (Å²) in [5, 5.41) is 9.10. The van der Waals surface area contributed by atoms with Crippen molar-refractivity contribution in [2.45, 2.75) is 19.9 Å². The number of rotatable bonds is 1. The zero-order valence-electron chi connectivity index (χ0n) is 10.8. The lowest BCUT2D eigenvalue weighted by Gasteiger charge is -2.13. The van der Waals surface area contributed by atoms with Crippen molar-refractivity contribution in [1.29, 1.82) is 0 Å². The Bertz CT molecular complexity index is 740. The molecular weight excluding hydrogens is 254 g/mol. The van der Waals surface area contributed by atoms with Crippen LogP contribution in [0.3, 0.4) is 0 Å². The Balaban J connectivity index is 2.08. The second kappa shape index (κ2) is 4.18. The molecule has 4 heterocycles. The number of aryl methyl sites for hydroxylation is 1. The first-order chi connectivity index (χ1) is 9.33. The number of hydrogen-bond acceptors (Lipinski definition) is 3. The lowest BCUT2D eigenvalue weighted by Crippen LogP contribution is -2.22. The van der Waals surface area contributed by atoms with Gasteiger partial charge >= 0.3 is 0 Å². The van der Waals surface area contributed by atoms with Gasteiger partial charge < -0.3 is 10.3 Å². The molecule has 0 amide bonds. The van der Waals surface area contributed by atoms with Crippen molar-refractivity contribution in [3.63, 3.8) is 0 Å². The molecule has 0 fully saturated rings. The number of H-pyrrole nitrogens is 1. The molecule has 0 radical (unpaired) electrons. The molecule has 0 bridgehead atoms. The van der Waals surface area contributed by atoms with Crippen LogP contribution < -0.4 is 5.32 Å². The van der Waals surface area contributed by atoms with Crippen LogP contribution in [-0.2, 0) is 13.0 Å². The van der Waals surface area contributed by atoms with Gasteiger partial charge in [-0.3, -0.25) is 0 Å². The van der Waals surface area contributed by atoms with E-state index in [0.717, 1.165) is 30.9 Å². The Morgan fingerprint density at radius 3 is 3.16 bits per heavy atom. The van der Waals surface area contributed by atoms with Crippen molar-refractivity contribution in [1.82, 2.24) is 15.3 Å². The minimum atomic E-state index is 0.942. The molecule has 0 saturated heterocycles. The van der Waals surface area contributed by atoms with Crippen molar-refractivity contribution in [3.05, 3.63) is 39.8 Å². The predicted octanol–water partition coefficient (Wildman–Crippen LogP) is 3.25. The SMILES string of the molecule is Cc1cc(-c2ccsc2)c2c3c([nH]c2n1)CCNC3. The molecule has 4 heteroatoms. The van der Waals surface area contributed by atoms with E-state index < -0.39 is 0 Å². The fourth-order valence-electron chi connectivity index (χ4n) is 2.92. The fraction of sp³-hybridized carbons (Fsp3) is 0.267. The van der Waals surface area contributed by atoms with Gasteiger partial charge in [0.15, 0.2) is 0 Å². The zero-order chi connectivity index (χ0) is 12.8. The molecule has 0 atom stereocenters. The standard InChI is InChI=1S/C15H15N3S/c1-9-6-11(10-3-5-19-8-10)14-12-7-16-4-2-13(12)18-15(14)17-9/h3,5-6,8,16H,2,4,7H2,1H3,(H,17,18). The van der Waals surface area contributed by atoms with Crippen LogP contribution in [0.4, 0.5) is 0 Å². The molecule has 3 aromatic rings. The lowest BCUT2D eigenvalue weighted by atomic mass is 9.99. The maximum absolute atomic E-state index is 4.67. The molecule has 3 nitrogen and oxygen atoms in total. The maximum Gasteiger partial charge on any atom is 0.138 e. The summed E-state index contributed by atoms with van der Waals surface area (Å²) in [5.41, 5.74) is 7.46. The van der Waals surface area contributed by atoms with E-state index in [2.05, 4.69) is 45.1 Å². The molecule has 1 aliphatic heterocycles. The summed E-state index contributed by atoms with van der Waals surface area (Å²) in [6, 6.07) is 4.39. The molecule has 19 heavy (non-hydrogen) atoms. The van der Waals surface area contributed by atoms with Gasteiger partial charge in [-0.05, 0) is 46.5 Å². The molecule has 4 rings (SSSR count). The largest absolute Gasteiger partial charge is 0.343 e. The number of aromatic amines is 1. The summed E-state index contributed by atoms with van der Waals surface area (Å²) < 4.78 is 0. The highest BCUT2D eigenvalue weighted by molar-refractivity contribution is 7.08. The number of thiophene rings is 1. The Morgan fingerprint density at radius 2 is 2.32 bits per heavy atom. The second-order valence-corrected chi connectivity index (χ2v) is 5.84. The van der Waals surface area contributed by atoms with Crippen molar-refractivity contribution in [2.24, 2.45) is 0 Å². The average Bonchev–Trinajstić information content (AvgIpc) is 3.04. The molecule has 0 saturated carbocycles. The van der Waals surface area contributed by atoms with Crippen LogP contribution in [0.15, 0.2) is 22.9 Å². The molecule has 0 aromatic carbocycles. The monoisotopic (exact) mass is 269 g/mol. The van der Waals surface area contributed by atoms with Crippen LogP contribution in [0.5, 0.6) is 0 Å². The Kier molecular flexibility index (Phi) is 2.47. The predicted molar refractivity (Wildman–Crippen MR) is 79.6 cm³/mol. The van der Waals surface area contributed by atoms with Gasteiger partial charge in [0.05, 0.1) is 0 Å². The lowest BCUT2D eigenvalue weighted by molar-refractivity contribution is 0.641. The molecule has 1 aliphatic rings. The van der Waals surface area contributed by atoms with Crippen molar-refractivity contribution < 1.29 is 0 Å². The first-order valence-corrected chi connectivity index (χ1v) is 7.51. The number of pyridine rings is 1. The number of hydrogen-bond donors (Lipinski definition) is 2. The minimum absolute atomic E-state index is 0.942. The highest BCUT2D eigenvalue weighted by atomic mass is 32.1. The molecule has 2 N–H and O–H groups in total. The highest BCUT2D eigenvalue weighted by Crippen LogP contribution is 2.34. The van der Waals surface area contributed by atoms with E-state index in [1.54, 1.807) is 11.3 Å². The minimum Gasteiger partial charge on any atom is -0.343 e. The van der Waals surface area contributed by atoms with Crippen LogP contribution in [0.25, 0.3) is 22.2 Å². The zero-order valence-corrected chi connectivity index (χ0v) is 11.6. The Morgan fingerprint density at radius 1 is 1.37 bits per heavy atom. The van der Waals surface area contributed by atoms with Crippen LogP contribution in [0, 0.1) is 6.92 Å². The maximum atomic E-state index is 4.67. The van der Waals surface area contributed by atoms with Gasteiger partial charge in [-0.25, -0.2) is 4.98 Å². The van der Waals surface area contributed by atoms with E-state index in [9.17, 15) is 0 Å². The van der Waals surface area contributed by atoms with Crippen LogP contribution in [0.2, 0.25) is 0 Å². The smallest absolute Gasteiger partial charge is 0.138 e. The topological polar surface area (TPSA) is 40.7 Å².